The average molecular weight is 304 g/mol. The second-order valence-electron chi connectivity index (χ2n) is 4.94. The van der Waals surface area contributed by atoms with Gasteiger partial charge in [0, 0.05) is 11.1 Å². The second kappa shape index (κ2) is 5.79. The van der Waals surface area contributed by atoms with E-state index in [1.54, 1.807) is 19.1 Å². The molecule has 2 atom stereocenters. The first-order valence-electron chi connectivity index (χ1n) is 6.37. The highest BCUT2D eigenvalue weighted by Crippen LogP contribution is 2.25. The molecule has 106 valence electrons. The molecular weight excluding hydrogens is 286 g/mol. The van der Waals surface area contributed by atoms with E-state index in [2.05, 4.69) is 4.72 Å². The maximum Gasteiger partial charge on any atom is 0.241 e. The van der Waals surface area contributed by atoms with Crippen molar-refractivity contribution in [3.05, 3.63) is 28.8 Å². The Hall–Kier alpha value is -0.620. The standard InChI is InChI=1S/C13H18ClNO3S/c1-9-10(14)5-4-8-13(9)19(17,18)15-11-6-2-3-7-12(11)16/h4-5,8,11-12,15-16H,2-3,6-7H2,1H3/t11-,12-/m1/s1. The Balaban J connectivity index is 2.25. The van der Waals surface area contributed by atoms with Gasteiger partial charge in [-0.3, -0.25) is 0 Å². The summed E-state index contributed by atoms with van der Waals surface area (Å²) >= 11 is 5.95. The van der Waals surface area contributed by atoms with E-state index in [1.807, 2.05) is 0 Å². The lowest BCUT2D eigenvalue weighted by Gasteiger charge is -2.28. The van der Waals surface area contributed by atoms with E-state index in [9.17, 15) is 13.5 Å². The van der Waals surface area contributed by atoms with Crippen LogP contribution in [0.4, 0.5) is 0 Å². The van der Waals surface area contributed by atoms with Gasteiger partial charge in [0.25, 0.3) is 0 Å². The summed E-state index contributed by atoms with van der Waals surface area (Å²) in [5, 5.41) is 10.3. The van der Waals surface area contributed by atoms with Crippen molar-refractivity contribution in [2.24, 2.45) is 0 Å². The fraction of sp³-hybridized carbons (Fsp3) is 0.538. The molecule has 1 aliphatic rings. The van der Waals surface area contributed by atoms with Crippen LogP contribution in [0, 0.1) is 6.92 Å². The van der Waals surface area contributed by atoms with Crippen LogP contribution in [0.5, 0.6) is 0 Å². The molecule has 19 heavy (non-hydrogen) atoms. The molecule has 1 saturated carbocycles. The first kappa shape index (κ1) is 14.8. The molecule has 0 aliphatic heterocycles. The molecule has 0 saturated heterocycles. The van der Waals surface area contributed by atoms with Crippen molar-refractivity contribution in [1.82, 2.24) is 4.72 Å². The van der Waals surface area contributed by atoms with Crippen molar-refractivity contribution in [2.75, 3.05) is 0 Å². The monoisotopic (exact) mass is 303 g/mol. The Bertz CT molecular complexity index is 559. The van der Waals surface area contributed by atoms with Gasteiger partial charge in [0.15, 0.2) is 0 Å². The molecule has 0 unspecified atom stereocenters. The van der Waals surface area contributed by atoms with Gasteiger partial charge in [0.1, 0.15) is 0 Å². The molecule has 0 spiro atoms. The third-order valence-electron chi connectivity index (χ3n) is 3.54. The minimum Gasteiger partial charge on any atom is -0.391 e. The van der Waals surface area contributed by atoms with Crippen LogP contribution >= 0.6 is 11.6 Å². The van der Waals surface area contributed by atoms with Crippen molar-refractivity contribution in [3.63, 3.8) is 0 Å². The Morgan fingerprint density at radius 2 is 2.00 bits per heavy atom. The molecule has 6 heteroatoms. The van der Waals surface area contributed by atoms with Gasteiger partial charge in [-0.25, -0.2) is 13.1 Å². The van der Waals surface area contributed by atoms with E-state index < -0.39 is 22.2 Å². The van der Waals surface area contributed by atoms with E-state index >= 15 is 0 Å². The fourth-order valence-electron chi connectivity index (χ4n) is 2.39. The van der Waals surface area contributed by atoms with Crippen LogP contribution in [-0.2, 0) is 10.0 Å². The summed E-state index contributed by atoms with van der Waals surface area (Å²) in [7, 11) is -3.64. The third-order valence-corrected chi connectivity index (χ3v) is 5.59. The molecule has 2 N–H and O–H groups in total. The predicted octanol–water partition coefficient (Wildman–Crippen LogP) is 2.23. The topological polar surface area (TPSA) is 66.4 Å². The largest absolute Gasteiger partial charge is 0.391 e. The number of hydrogen-bond donors (Lipinski definition) is 2. The summed E-state index contributed by atoms with van der Waals surface area (Å²) in [5.41, 5.74) is 0.530. The molecular formula is C13H18ClNO3S. The fourth-order valence-corrected chi connectivity index (χ4v) is 4.19. The molecule has 1 aliphatic carbocycles. The summed E-state index contributed by atoms with van der Waals surface area (Å²) in [6, 6.07) is 4.39. The molecule has 0 aromatic heterocycles. The minimum absolute atomic E-state index is 0.178. The van der Waals surface area contributed by atoms with Crippen LogP contribution in [0.1, 0.15) is 31.2 Å². The molecule has 0 radical (unpaired) electrons. The van der Waals surface area contributed by atoms with Gasteiger partial charge in [-0.15, -0.1) is 0 Å². The van der Waals surface area contributed by atoms with Crippen LogP contribution in [0.3, 0.4) is 0 Å². The second-order valence-corrected chi connectivity index (χ2v) is 7.03. The van der Waals surface area contributed by atoms with Crippen LogP contribution in [0.2, 0.25) is 5.02 Å². The Labute approximate surface area is 118 Å². The number of aliphatic hydroxyl groups excluding tert-OH is 1. The minimum atomic E-state index is -3.64. The number of hydrogen-bond acceptors (Lipinski definition) is 3. The van der Waals surface area contributed by atoms with E-state index in [4.69, 9.17) is 11.6 Å². The third kappa shape index (κ3) is 3.28. The van der Waals surface area contributed by atoms with Gasteiger partial charge in [0.2, 0.25) is 10.0 Å². The summed E-state index contributed by atoms with van der Waals surface area (Å²) in [6.07, 6.45) is 2.57. The Morgan fingerprint density at radius 1 is 1.32 bits per heavy atom. The number of benzene rings is 1. The maximum atomic E-state index is 12.3. The summed E-state index contributed by atoms with van der Waals surface area (Å²) in [5.74, 6) is 0. The zero-order valence-electron chi connectivity index (χ0n) is 10.8. The molecule has 2 rings (SSSR count). The summed E-state index contributed by atoms with van der Waals surface area (Å²) in [4.78, 5) is 0.178. The van der Waals surface area contributed by atoms with Gasteiger partial charge >= 0.3 is 0 Å². The van der Waals surface area contributed by atoms with Gasteiger partial charge in [-0.1, -0.05) is 30.5 Å². The lowest BCUT2D eigenvalue weighted by Crippen LogP contribution is -2.45. The first-order chi connectivity index (χ1) is 8.92. The maximum absolute atomic E-state index is 12.3. The predicted molar refractivity (Wildman–Crippen MR) is 74.8 cm³/mol. The van der Waals surface area contributed by atoms with Gasteiger partial charge in [-0.05, 0) is 37.5 Å². The zero-order valence-corrected chi connectivity index (χ0v) is 12.3. The quantitative estimate of drug-likeness (QED) is 0.900. The highest BCUT2D eigenvalue weighted by molar-refractivity contribution is 7.89. The van der Waals surface area contributed by atoms with Crippen LogP contribution < -0.4 is 4.72 Å². The normalized spacial score (nSPS) is 24.4. The zero-order chi connectivity index (χ0) is 14.0. The average Bonchev–Trinajstić information content (AvgIpc) is 2.35. The van der Waals surface area contributed by atoms with E-state index in [-0.39, 0.29) is 4.90 Å². The summed E-state index contributed by atoms with van der Waals surface area (Å²) in [6.45, 7) is 1.67. The first-order valence-corrected chi connectivity index (χ1v) is 8.23. The highest BCUT2D eigenvalue weighted by Gasteiger charge is 2.29. The Morgan fingerprint density at radius 3 is 2.68 bits per heavy atom. The number of sulfonamides is 1. The van der Waals surface area contributed by atoms with E-state index in [0.717, 1.165) is 12.8 Å². The number of rotatable bonds is 3. The van der Waals surface area contributed by atoms with Crippen molar-refractivity contribution < 1.29 is 13.5 Å². The smallest absolute Gasteiger partial charge is 0.241 e. The van der Waals surface area contributed by atoms with Crippen molar-refractivity contribution in [2.45, 2.75) is 49.6 Å². The van der Waals surface area contributed by atoms with Gasteiger partial charge in [0.05, 0.1) is 11.0 Å². The SMILES string of the molecule is Cc1c(Cl)cccc1S(=O)(=O)N[C@@H]1CCCC[C@H]1O. The molecule has 1 aromatic carbocycles. The number of aliphatic hydroxyl groups is 1. The number of halogens is 1. The lowest BCUT2D eigenvalue weighted by molar-refractivity contribution is 0.101. The lowest BCUT2D eigenvalue weighted by atomic mass is 9.93. The van der Waals surface area contributed by atoms with Crippen molar-refractivity contribution in [1.29, 1.82) is 0 Å². The van der Waals surface area contributed by atoms with Crippen molar-refractivity contribution >= 4 is 21.6 Å². The van der Waals surface area contributed by atoms with Crippen molar-refractivity contribution in [3.8, 4) is 0 Å². The number of nitrogens with one attached hydrogen (secondary N) is 1. The van der Waals surface area contributed by atoms with E-state index in [1.165, 1.54) is 6.07 Å². The molecule has 4 nitrogen and oxygen atoms in total. The molecule has 0 amide bonds. The van der Waals surface area contributed by atoms with E-state index in [0.29, 0.717) is 23.4 Å². The molecule has 1 fully saturated rings. The van der Waals surface area contributed by atoms with Crippen LogP contribution in [-0.4, -0.2) is 25.7 Å². The van der Waals surface area contributed by atoms with Crippen LogP contribution in [0.25, 0.3) is 0 Å². The summed E-state index contributed by atoms with van der Waals surface area (Å²) < 4.78 is 27.3. The highest BCUT2D eigenvalue weighted by atomic mass is 35.5. The van der Waals surface area contributed by atoms with Crippen LogP contribution in [0.15, 0.2) is 23.1 Å². The van der Waals surface area contributed by atoms with Gasteiger partial charge < -0.3 is 5.11 Å². The molecule has 1 aromatic rings. The van der Waals surface area contributed by atoms with Gasteiger partial charge in [-0.2, -0.15) is 0 Å². The Kier molecular flexibility index (Phi) is 4.50. The molecule has 0 heterocycles. The molecule has 0 bridgehead atoms.